The van der Waals surface area contributed by atoms with Crippen molar-refractivity contribution in [1.29, 1.82) is 0 Å². The van der Waals surface area contributed by atoms with Gasteiger partial charge in [0, 0.05) is 18.8 Å². The van der Waals surface area contributed by atoms with E-state index in [1.807, 2.05) is 24.0 Å². The lowest BCUT2D eigenvalue weighted by atomic mass is 10.0. The Morgan fingerprint density at radius 3 is 2.76 bits per heavy atom. The second kappa shape index (κ2) is 4.62. The van der Waals surface area contributed by atoms with E-state index in [2.05, 4.69) is 13.0 Å². The van der Waals surface area contributed by atoms with Crippen LogP contribution >= 0.6 is 0 Å². The Kier molecular flexibility index (Phi) is 3.18. The van der Waals surface area contributed by atoms with Gasteiger partial charge in [0.15, 0.2) is 0 Å². The first-order chi connectivity index (χ1) is 8.09. The Bertz CT molecular complexity index is 457. The van der Waals surface area contributed by atoms with Gasteiger partial charge in [-0.2, -0.15) is 0 Å². The topological polar surface area (TPSA) is 46.3 Å². The van der Waals surface area contributed by atoms with Gasteiger partial charge in [-0.25, -0.2) is 0 Å². The van der Waals surface area contributed by atoms with Crippen LogP contribution in [-0.4, -0.2) is 23.9 Å². The number of carbonyl (C=O) groups is 1. The van der Waals surface area contributed by atoms with Crippen LogP contribution in [0.1, 0.15) is 29.3 Å². The lowest BCUT2D eigenvalue weighted by Gasteiger charge is -2.27. The number of aryl methyl sites for hydroxylation is 1. The van der Waals surface area contributed by atoms with Crippen molar-refractivity contribution < 1.29 is 4.79 Å². The standard InChI is InChI=1S/C14H18N2O/c1-10-5-4-8-16(9-10)14(17)13-11(2)6-3-7-12(13)15/h3,5-7H,4,8-9,15H2,1-2H3. The van der Waals surface area contributed by atoms with Gasteiger partial charge in [-0.05, 0) is 31.9 Å². The van der Waals surface area contributed by atoms with Gasteiger partial charge in [-0.15, -0.1) is 0 Å². The molecule has 1 aromatic carbocycles. The molecule has 3 nitrogen and oxygen atoms in total. The summed E-state index contributed by atoms with van der Waals surface area (Å²) in [6, 6.07) is 5.59. The monoisotopic (exact) mass is 230 g/mol. The van der Waals surface area contributed by atoms with E-state index in [4.69, 9.17) is 5.73 Å². The molecule has 1 heterocycles. The number of nitrogens with zero attached hydrogens (tertiary/aromatic N) is 1. The van der Waals surface area contributed by atoms with Crippen LogP contribution in [0.5, 0.6) is 0 Å². The van der Waals surface area contributed by atoms with E-state index < -0.39 is 0 Å². The fraction of sp³-hybridized carbons (Fsp3) is 0.357. The maximum Gasteiger partial charge on any atom is 0.256 e. The highest BCUT2D eigenvalue weighted by Crippen LogP contribution is 2.20. The third-order valence-corrected chi connectivity index (χ3v) is 3.14. The summed E-state index contributed by atoms with van der Waals surface area (Å²) in [4.78, 5) is 14.3. The maximum absolute atomic E-state index is 12.4. The highest BCUT2D eigenvalue weighted by atomic mass is 16.2. The molecule has 0 bridgehead atoms. The molecule has 0 aliphatic carbocycles. The zero-order valence-corrected chi connectivity index (χ0v) is 10.4. The van der Waals surface area contributed by atoms with Crippen molar-refractivity contribution in [2.75, 3.05) is 18.8 Å². The van der Waals surface area contributed by atoms with Crippen molar-refractivity contribution in [2.45, 2.75) is 20.3 Å². The molecule has 0 radical (unpaired) electrons. The molecule has 0 aromatic heterocycles. The van der Waals surface area contributed by atoms with Crippen molar-refractivity contribution in [2.24, 2.45) is 0 Å². The molecule has 1 aromatic rings. The average Bonchev–Trinajstić information content (AvgIpc) is 2.28. The molecule has 0 atom stereocenters. The zero-order valence-electron chi connectivity index (χ0n) is 10.4. The van der Waals surface area contributed by atoms with Crippen molar-refractivity contribution >= 4 is 11.6 Å². The lowest BCUT2D eigenvalue weighted by Crippen LogP contribution is -2.36. The minimum absolute atomic E-state index is 0.0491. The van der Waals surface area contributed by atoms with Gasteiger partial charge in [0.05, 0.1) is 5.56 Å². The molecule has 90 valence electrons. The smallest absolute Gasteiger partial charge is 0.256 e. The molecule has 1 aliphatic heterocycles. The quantitative estimate of drug-likeness (QED) is 0.594. The highest BCUT2D eigenvalue weighted by molar-refractivity contribution is 6.00. The fourth-order valence-corrected chi connectivity index (χ4v) is 2.23. The molecule has 0 fully saturated rings. The summed E-state index contributed by atoms with van der Waals surface area (Å²) < 4.78 is 0. The molecule has 0 saturated heterocycles. The normalized spacial score (nSPS) is 15.6. The third kappa shape index (κ3) is 2.33. The average molecular weight is 230 g/mol. The van der Waals surface area contributed by atoms with Crippen LogP contribution in [0.15, 0.2) is 29.8 Å². The van der Waals surface area contributed by atoms with Crippen LogP contribution in [0.3, 0.4) is 0 Å². The Hall–Kier alpha value is -1.77. The molecule has 1 amide bonds. The van der Waals surface area contributed by atoms with E-state index >= 15 is 0 Å². The largest absolute Gasteiger partial charge is 0.398 e. The Morgan fingerprint density at radius 1 is 1.35 bits per heavy atom. The summed E-state index contributed by atoms with van der Waals surface area (Å²) >= 11 is 0. The molecule has 17 heavy (non-hydrogen) atoms. The Labute approximate surface area is 102 Å². The number of hydrogen-bond acceptors (Lipinski definition) is 2. The van der Waals surface area contributed by atoms with Gasteiger partial charge in [0.1, 0.15) is 0 Å². The number of amides is 1. The van der Waals surface area contributed by atoms with E-state index in [-0.39, 0.29) is 5.91 Å². The molecule has 1 aliphatic rings. The summed E-state index contributed by atoms with van der Waals surface area (Å²) in [5.74, 6) is 0.0491. The number of carbonyl (C=O) groups excluding carboxylic acids is 1. The van der Waals surface area contributed by atoms with Crippen LogP contribution in [0.4, 0.5) is 5.69 Å². The minimum atomic E-state index is 0.0491. The first-order valence-corrected chi connectivity index (χ1v) is 5.89. The second-order valence-corrected chi connectivity index (χ2v) is 4.60. The molecule has 0 spiro atoms. The van der Waals surface area contributed by atoms with Crippen LogP contribution in [0, 0.1) is 6.92 Å². The predicted molar refractivity (Wildman–Crippen MR) is 69.9 cm³/mol. The molecule has 2 N–H and O–H groups in total. The van der Waals surface area contributed by atoms with Crippen molar-refractivity contribution in [3.8, 4) is 0 Å². The molecule has 0 unspecified atom stereocenters. The number of rotatable bonds is 1. The summed E-state index contributed by atoms with van der Waals surface area (Å²) in [5.41, 5.74) is 9.32. The molecule has 2 rings (SSSR count). The predicted octanol–water partition coefficient (Wildman–Crippen LogP) is 2.37. The molecule has 0 saturated carbocycles. The van der Waals surface area contributed by atoms with E-state index in [1.54, 1.807) is 6.07 Å². The van der Waals surface area contributed by atoms with Crippen molar-refractivity contribution in [1.82, 2.24) is 4.90 Å². The summed E-state index contributed by atoms with van der Waals surface area (Å²) in [6.07, 6.45) is 3.12. The number of anilines is 1. The molecular weight excluding hydrogens is 212 g/mol. The third-order valence-electron chi connectivity index (χ3n) is 3.14. The number of hydrogen-bond donors (Lipinski definition) is 1. The van der Waals surface area contributed by atoms with Crippen molar-refractivity contribution in [3.05, 3.63) is 41.0 Å². The van der Waals surface area contributed by atoms with Gasteiger partial charge in [-0.1, -0.05) is 23.8 Å². The minimum Gasteiger partial charge on any atom is -0.398 e. The van der Waals surface area contributed by atoms with Crippen LogP contribution in [0.25, 0.3) is 0 Å². The zero-order chi connectivity index (χ0) is 12.4. The van der Waals surface area contributed by atoms with Crippen molar-refractivity contribution in [3.63, 3.8) is 0 Å². The van der Waals surface area contributed by atoms with E-state index in [9.17, 15) is 4.79 Å². The first kappa shape index (κ1) is 11.7. The van der Waals surface area contributed by atoms with Gasteiger partial charge in [0.25, 0.3) is 5.91 Å². The number of nitrogen functional groups attached to an aromatic ring is 1. The van der Waals surface area contributed by atoms with Crippen LogP contribution in [0.2, 0.25) is 0 Å². The summed E-state index contributed by atoms with van der Waals surface area (Å²) in [5, 5.41) is 0. The second-order valence-electron chi connectivity index (χ2n) is 4.60. The Balaban J connectivity index is 2.29. The summed E-state index contributed by atoms with van der Waals surface area (Å²) in [6.45, 7) is 5.48. The van der Waals surface area contributed by atoms with E-state index in [0.29, 0.717) is 17.8 Å². The van der Waals surface area contributed by atoms with Crippen LogP contribution < -0.4 is 5.73 Å². The van der Waals surface area contributed by atoms with E-state index in [0.717, 1.165) is 18.5 Å². The van der Waals surface area contributed by atoms with Gasteiger partial charge < -0.3 is 10.6 Å². The number of nitrogens with two attached hydrogens (primary N) is 1. The first-order valence-electron chi connectivity index (χ1n) is 5.89. The highest BCUT2D eigenvalue weighted by Gasteiger charge is 2.21. The Morgan fingerprint density at radius 2 is 2.12 bits per heavy atom. The summed E-state index contributed by atoms with van der Waals surface area (Å²) in [7, 11) is 0. The van der Waals surface area contributed by atoms with E-state index in [1.165, 1.54) is 5.57 Å². The van der Waals surface area contributed by atoms with Gasteiger partial charge in [-0.3, -0.25) is 4.79 Å². The SMILES string of the molecule is CC1=CCCN(C(=O)c2c(C)cccc2N)C1. The molecular formula is C14H18N2O. The molecule has 3 heteroatoms. The fourth-order valence-electron chi connectivity index (χ4n) is 2.23. The van der Waals surface area contributed by atoms with Gasteiger partial charge >= 0.3 is 0 Å². The lowest BCUT2D eigenvalue weighted by molar-refractivity contribution is 0.0766. The van der Waals surface area contributed by atoms with Crippen LogP contribution in [-0.2, 0) is 0 Å². The van der Waals surface area contributed by atoms with Gasteiger partial charge in [0.2, 0.25) is 0 Å². The maximum atomic E-state index is 12.4. The number of benzene rings is 1.